The van der Waals surface area contributed by atoms with Gasteiger partial charge in [-0.1, -0.05) is 12.8 Å². The third-order valence-corrected chi connectivity index (χ3v) is 5.60. The molecule has 2 fully saturated rings. The van der Waals surface area contributed by atoms with Crippen molar-refractivity contribution in [1.82, 2.24) is 20.4 Å². The Hall–Kier alpha value is -1.89. The molecule has 136 valence electrons. The number of ether oxygens (including phenoxy) is 1. The van der Waals surface area contributed by atoms with E-state index < -0.39 is 0 Å². The number of nitrogens with one attached hydrogen (secondary N) is 2. The molecule has 1 saturated carbocycles. The van der Waals surface area contributed by atoms with E-state index in [1.165, 1.54) is 17.5 Å². The molecule has 2 aliphatic carbocycles. The summed E-state index contributed by atoms with van der Waals surface area (Å²) in [6.07, 6.45) is 8.53. The molecule has 4 rings (SSSR count). The van der Waals surface area contributed by atoms with Gasteiger partial charge in [0.05, 0.1) is 24.9 Å². The number of hydrogen-bond acceptors (Lipinski definition) is 4. The molecule has 2 unspecified atom stereocenters. The van der Waals surface area contributed by atoms with Gasteiger partial charge < -0.3 is 15.4 Å². The number of fused-ring (bicyclic) bond motifs is 1. The lowest BCUT2D eigenvalue weighted by molar-refractivity contribution is 0.180. The molecule has 1 aromatic rings. The van der Waals surface area contributed by atoms with E-state index in [1.54, 1.807) is 6.07 Å². The Bertz CT molecular complexity index is 696. The van der Waals surface area contributed by atoms with Gasteiger partial charge in [-0.15, -0.1) is 0 Å². The summed E-state index contributed by atoms with van der Waals surface area (Å²) in [7, 11) is 0. The fourth-order valence-corrected chi connectivity index (χ4v) is 4.20. The van der Waals surface area contributed by atoms with E-state index in [9.17, 15) is 9.59 Å². The summed E-state index contributed by atoms with van der Waals surface area (Å²) < 4.78 is 7.08. The van der Waals surface area contributed by atoms with Gasteiger partial charge in [0.25, 0.3) is 5.56 Å². The van der Waals surface area contributed by atoms with E-state index in [2.05, 4.69) is 15.7 Å². The first kappa shape index (κ1) is 16.6. The predicted molar refractivity (Wildman–Crippen MR) is 92.7 cm³/mol. The lowest BCUT2D eigenvalue weighted by atomic mass is 9.97. The molecule has 7 nitrogen and oxygen atoms in total. The first-order chi connectivity index (χ1) is 12.2. The van der Waals surface area contributed by atoms with Crippen molar-refractivity contribution >= 4 is 6.03 Å². The molecule has 1 saturated heterocycles. The van der Waals surface area contributed by atoms with Gasteiger partial charge in [0.2, 0.25) is 0 Å². The van der Waals surface area contributed by atoms with E-state index in [0.717, 1.165) is 49.8 Å². The van der Waals surface area contributed by atoms with E-state index in [1.807, 2.05) is 0 Å². The van der Waals surface area contributed by atoms with E-state index in [4.69, 9.17) is 4.74 Å². The summed E-state index contributed by atoms with van der Waals surface area (Å²) in [6.45, 7) is 0.814. The van der Waals surface area contributed by atoms with Crippen molar-refractivity contribution in [1.29, 1.82) is 0 Å². The van der Waals surface area contributed by atoms with Crippen molar-refractivity contribution < 1.29 is 9.53 Å². The first-order valence-electron chi connectivity index (χ1n) is 9.47. The smallest absolute Gasteiger partial charge is 0.315 e. The average molecular weight is 346 g/mol. The molecule has 0 radical (unpaired) electrons. The predicted octanol–water partition coefficient (Wildman–Crippen LogP) is 1.30. The molecule has 1 aromatic heterocycles. The molecule has 2 heterocycles. The van der Waals surface area contributed by atoms with Crippen molar-refractivity contribution in [3.8, 4) is 0 Å². The molecule has 0 aromatic carbocycles. The number of aromatic nitrogens is 2. The fourth-order valence-electron chi connectivity index (χ4n) is 4.20. The van der Waals surface area contributed by atoms with Crippen LogP contribution in [0.5, 0.6) is 0 Å². The van der Waals surface area contributed by atoms with Gasteiger partial charge in [0.15, 0.2) is 0 Å². The Morgan fingerprint density at radius 2 is 1.92 bits per heavy atom. The number of aryl methyl sites for hydroxylation is 2. The van der Waals surface area contributed by atoms with Gasteiger partial charge in [-0.3, -0.25) is 4.79 Å². The molecule has 7 heteroatoms. The number of amides is 2. The van der Waals surface area contributed by atoms with Crippen LogP contribution in [0.4, 0.5) is 4.79 Å². The summed E-state index contributed by atoms with van der Waals surface area (Å²) in [4.78, 5) is 24.8. The Kier molecular flexibility index (Phi) is 4.74. The van der Waals surface area contributed by atoms with Crippen LogP contribution in [0.3, 0.4) is 0 Å². The maximum Gasteiger partial charge on any atom is 0.315 e. The zero-order valence-electron chi connectivity index (χ0n) is 14.5. The number of rotatable bonds is 3. The van der Waals surface area contributed by atoms with Crippen LogP contribution in [-0.2, 0) is 17.6 Å². The molecule has 2 amide bonds. The molecular formula is C18H26N4O3. The van der Waals surface area contributed by atoms with Crippen LogP contribution in [0.15, 0.2) is 10.9 Å². The SMILES string of the molecule is O=C(NC1CCCC1)NC1COCC1n1nc2c(cc1=O)CCCC2. The summed E-state index contributed by atoms with van der Waals surface area (Å²) in [5.41, 5.74) is 2.00. The summed E-state index contributed by atoms with van der Waals surface area (Å²) in [6, 6.07) is 1.35. The molecule has 2 atom stereocenters. The lowest BCUT2D eigenvalue weighted by Crippen LogP contribution is -2.49. The highest BCUT2D eigenvalue weighted by Gasteiger charge is 2.33. The highest BCUT2D eigenvalue weighted by Crippen LogP contribution is 2.22. The van der Waals surface area contributed by atoms with Gasteiger partial charge in [-0.05, 0) is 44.1 Å². The van der Waals surface area contributed by atoms with Gasteiger partial charge in [-0.2, -0.15) is 5.10 Å². The molecule has 0 spiro atoms. The molecule has 25 heavy (non-hydrogen) atoms. The standard InChI is InChI=1S/C18H26N4O3/c23-17-9-12-5-1-4-8-14(12)21-22(17)16-11-25-10-15(16)20-18(24)19-13-6-2-3-7-13/h9,13,15-16H,1-8,10-11H2,(H2,19,20,24). The van der Waals surface area contributed by atoms with E-state index >= 15 is 0 Å². The van der Waals surface area contributed by atoms with Crippen LogP contribution in [0, 0.1) is 0 Å². The van der Waals surface area contributed by atoms with Gasteiger partial charge in [0.1, 0.15) is 6.04 Å². The summed E-state index contributed by atoms with van der Waals surface area (Å²) >= 11 is 0. The highest BCUT2D eigenvalue weighted by atomic mass is 16.5. The Balaban J connectivity index is 1.47. The van der Waals surface area contributed by atoms with Crippen LogP contribution in [0.25, 0.3) is 0 Å². The van der Waals surface area contributed by atoms with Crippen LogP contribution in [-0.4, -0.2) is 41.1 Å². The molecule has 1 aliphatic heterocycles. The number of nitrogens with zero attached hydrogens (tertiary/aromatic N) is 2. The maximum absolute atomic E-state index is 12.5. The quantitative estimate of drug-likeness (QED) is 0.864. The van der Waals surface area contributed by atoms with Crippen molar-refractivity contribution in [3.63, 3.8) is 0 Å². The number of carbonyl (C=O) groups is 1. The monoisotopic (exact) mass is 346 g/mol. The summed E-state index contributed by atoms with van der Waals surface area (Å²) in [5, 5.41) is 10.6. The molecular weight excluding hydrogens is 320 g/mol. The van der Waals surface area contributed by atoms with Gasteiger partial charge in [0, 0.05) is 12.1 Å². The Morgan fingerprint density at radius 3 is 2.76 bits per heavy atom. The van der Waals surface area contributed by atoms with Gasteiger partial charge >= 0.3 is 6.03 Å². The largest absolute Gasteiger partial charge is 0.377 e. The van der Waals surface area contributed by atoms with Gasteiger partial charge in [-0.25, -0.2) is 9.48 Å². The minimum absolute atomic E-state index is 0.0980. The Morgan fingerprint density at radius 1 is 1.12 bits per heavy atom. The zero-order chi connectivity index (χ0) is 17.2. The highest BCUT2D eigenvalue weighted by molar-refractivity contribution is 5.74. The van der Waals surface area contributed by atoms with Crippen molar-refractivity contribution in [2.24, 2.45) is 0 Å². The molecule has 3 aliphatic rings. The lowest BCUT2D eigenvalue weighted by Gasteiger charge is -2.23. The van der Waals surface area contributed by atoms with E-state index in [0.29, 0.717) is 13.2 Å². The zero-order valence-corrected chi connectivity index (χ0v) is 14.5. The number of urea groups is 1. The average Bonchev–Trinajstić information content (AvgIpc) is 3.26. The second-order valence-corrected chi connectivity index (χ2v) is 7.42. The van der Waals surface area contributed by atoms with Crippen molar-refractivity contribution in [2.75, 3.05) is 13.2 Å². The van der Waals surface area contributed by atoms with Crippen LogP contribution >= 0.6 is 0 Å². The third kappa shape index (κ3) is 3.56. The second-order valence-electron chi connectivity index (χ2n) is 7.42. The fraction of sp³-hybridized carbons (Fsp3) is 0.722. The van der Waals surface area contributed by atoms with Crippen LogP contribution in [0.1, 0.15) is 55.8 Å². The minimum atomic E-state index is -0.242. The van der Waals surface area contributed by atoms with Crippen LogP contribution in [0.2, 0.25) is 0 Å². The summed E-state index contributed by atoms with van der Waals surface area (Å²) in [5.74, 6) is 0. The maximum atomic E-state index is 12.5. The molecule has 2 N–H and O–H groups in total. The Labute approximate surface area is 147 Å². The minimum Gasteiger partial charge on any atom is -0.377 e. The molecule has 0 bridgehead atoms. The topological polar surface area (TPSA) is 85.2 Å². The number of carbonyl (C=O) groups excluding carboxylic acids is 1. The second kappa shape index (κ2) is 7.15. The van der Waals surface area contributed by atoms with Crippen LogP contribution < -0.4 is 16.2 Å². The first-order valence-corrected chi connectivity index (χ1v) is 9.47. The van der Waals surface area contributed by atoms with Crippen molar-refractivity contribution in [2.45, 2.75) is 69.5 Å². The van der Waals surface area contributed by atoms with E-state index in [-0.39, 0.29) is 29.7 Å². The normalized spacial score (nSPS) is 26.4. The van der Waals surface area contributed by atoms with Crippen molar-refractivity contribution in [3.05, 3.63) is 27.7 Å². The third-order valence-electron chi connectivity index (χ3n) is 5.60. The number of hydrogen-bond donors (Lipinski definition) is 2.